The van der Waals surface area contributed by atoms with Crippen LogP contribution in [0.15, 0.2) is 48.5 Å². The van der Waals surface area contributed by atoms with E-state index < -0.39 is 36.2 Å². The van der Waals surface area contributed by atoms with Crippen molar-refractivity contribution in [3.8, 4) is 11.1 Å². The molecular formula is C24H28N2O6. The van der Waals surface area contributed by atoms with Crippen molar-refractivity contribution in [1.82, 2.24) is 10.6 Å². The lowest BCUT2D eigenvalue weighted by atomic mass is 9.98. The number of fused-ring (bicyclic) bond motifs is 3. The van der Waals surface area contributed by atoms with Crippen LogP contribution >= 0.6 is 0 Å². The lowest BCUT2D eigenvalue weighted by Crippen LogP contribution is -2.49. The van der Waals surface area contributed by atoms with Gasteiger partial charge in [0.25, 0.3) is 0 Å². The molecule has 3 rings (SSSR count). The van der Waals surface area contributed by atoms with Crippen molar-refractivity contribution >= 4 is 18.0 Å². The smallest absolute Gasteiger partial charge is 0.407 e. The van der Waals surface area contributed by atoms with Gasteiger partial charge in [-0.15, -0.1) is 0 Å². The monoisotopic (exact) mass is 440 g/mol. The first kappa shape index (κ1) is 23.3. The lowest BCUT2D eigenvalue weighted by Gasteiger charge is -2.21. The Kier molecular flexibility index (Phi) is 7.48. The van der Waals surface area contributed by atoms with E-state index in [0.29, 0.717) is 0 Å². The highest BCUT2D eigenvalue weighted by Crippen LogP contribution is 2.44. The van der Waals surface area contributed by atoms with Gasteiger partial charge in [-0.2, -0.15) is 0 Å². The van der Waals surface area contributed by atoms with Crippen molar-refractivity contribution in [2.75, 3.05) is 13.7 Å². The second-order valence-corrected chi connectivity index (χ2v) is 7.90. The van der Waals surface area contributed by atoms with Crippen molar-refractivity contribution in [3.63, 3.8) is 0 Å². The maximum absolute atomic E-state index is 12.3. The molecule has 0 fully saturated rings. The normalized spacial score (nSPS) is 15.1. The summed E-state index contributed by atoms with van der Waals surface area (Å²) in [5.74, 6) is -1.75. The number of carbonyl (C=O) groups is 3. The average Bonchev–Trinajstić information content (AvgIpc) is 3.09. The van der Waals surface area contributed by atoms with E-state index in [2.05, 4.69) is 22.8 Å². The molecule has 0 saturated carbocycles. The van der Waals surface area contributed by atoms with Gasteiger partial charge in [0.1, 0.15) is 6.61 Å². The number of carboxylic acid groups (broad SMARTS) is 1. The first-order valence-corrected chi connectivity index (χ1v) is 10.5. The van der Waals surface area contributed by atoms with Crippen molar-refractivity contribution in [1.29, 1.82) is 0 Å². The molecule has 0 heterocycles. The summed E-state index contributed by atoms with van der Waals surface area (Å²) in [6.45, 7) is 3.37. The first-order valence-electron chi connectivity index (χ1n) is 10.5. The standard InChI is InChI=1S/C24H28N2O6/c1-14(12-21(27)26-22(23(28)29)15(2)31-3)25-24(30)32-13-20-18-10-6-4-8-16(18)17-9-5-7-11-19(17)20/h4-11,14-15,20,22H,12-13H2,1-3H3,(H,25,30)(H,26,27)(H,28,29)/t14-,15?,22?/m0/s1. The van der Waals surface area contributed by atoms with Gasteiger partial charge in [0.15, 0.2) is 6.04 Å². The number of alkyl carbamates (subject to hydrolysis) is 1. The van der Waals surface area contributed by atoms with E-state index in [1.807, 2.05) is 36.4 Å². The molecule has 2 unspecified atom stereocenters. The van der Waals surface area contributed by atoms with Crippen LogP contribution in [-0.2, 0) is 19.1 Å². The fraction of sp³-hybridized carbons (Fsp3) is 0.375. The molecule has 8 nitrogen and oxygen atoms in total. The van der Waals surface area contributed by atoms with Gasteiger partial charge in [-0.3, -0.25) is 4.79 Å². The van der Waals surface area contributed by atoms with Crippen LogP contribution in [0.3, 0.4) is 0 Å². The molecular weight excluding hydrogens is 412 g/mol. The van der Waals surface area contributed by atoms with Gasteiger partial charge in [0.05, 0.1) is 6.10 Å². The Labute approximate surface area is 186 Å². The third-order valence-electron chi connectivity index (χ3n) is 5.62. The number of benzene rings is 2. The zero-order valence-corrected chi connectivity index (χ0v) is 18.3. The van der Waals surface area contributed by atoms with Gasteiger partial charge in [0.2, 0.25) is 5.91 Å². The van der Waals surface area contributed by atoms with Crippen molar-refractivity contribution in [2.24, 2.45) is 0 Å². The largest absolute Gasteiger partial charge is 0.480 e. The summed E-state index contributed by atoms with van der Waals surface area (Å²) < 4.78 is 10.5. The highest BCUT2D eigenvalue weighted by molar-refractivity contribution is 5.84. The number of aliphatic carboxylic acids is 1. The van der Waals surface area contributed by atoms with Crippen LogP contribution in [0.1, 0.15) is 37.3 Å². The molecule has 8 heteroatoms. The highest BCUT2D eigenvalue weighted by Gasteiger charge is 2.30. The quantitative estimate of drug-likeness (QED) is 0.553. The summed E-state index contributed by atoms with van der Waals surface area (Å²) in [7, 11) is 1.37. The lowest BCUT2D eigenvalue weighted by molar-refractivity contribution is -0.145. The fourth-order valence-electron chi connectivity index (χ4n) is 3.92. The number of carbonyl (C=O) groups excluding carboxylic acids is 2. The Morgan fingerprint density at radius 2 is 1.53 bits per heavy atom. The number of hydrogen-bond donors (Lipinski definition) is 3. The molecule has 0 radical (unpaired) electrons. The van der Waals surface area contributed by atoms with Crippen LogP contribution in [0.5, 0.6) is 0 Å². The van der Waals surface area contributed by atoms with E-state index in [4.69, 9.17) is 9.47 Å². The molecule has 2 amide bonds. The number of hydrogen-bond acceptors (Lipinski definition) is 5. The minimum Gasteiger partial charge on any atom is -0.480 e. The molecule has 170 valence electrons. The van der Waals surface area contributed by atoms with Crippen LogP contribution in [0, 0.1) is 0 Å². The second kappa shape index (κ2) is 10.3. The van der Waals surface area contributed by atoms with Gasteiger partial charge in [-0.1, -0.05) is 48.5 Å². The van der Waals surface area contributed by atoms with Crippen molar-refractivity contribution < 1.29 is 29.0 Å². The van der Waals surface area contributed by atoms with Gasteiger partial charge < -0.3 is 25.2 Å². The number of amides is 2. The Morgan fingerprint density at radius 3 is 2.06 bits per heavy atom. The Morgan fingerprint density at radius 1 is 0.969 bits per heavy atom. The third-order valence-corrected chi connectivity index (χ3v) is 5.62. The molecule has 2 aromatic rings. The summed E-state index contributed by atoms with van der Waals surface area (Å²) in [6.07, 6.45) is -1.42. The number of ether oxygens (including phenoxy) is 2. The molecule has 0 spiro atoms. The van der Waals surface area contributed by atoms with E-state index in [1.54, 1.807) is 13.8 Å². The summed E-state index contributed by atoms with van der Waals surface area (Å²) >= 11 is 0. The van der Waals surface area contributed by atoms with Gasteiger partial charge in [-0.05, 0) is 36.1 Å². The maximum Gasteiger partial charge on any atom is 0.407 e. The Bertz CT molecular complexity index is 946. The molecule has 3 atom stereocenters. The van der Waals surface area contributed by atoms with Crippen LogP contribution in [0.4, 0.5) is 4.79 Å². The molecule has 1 aliphatic rings. The molecule has 0 aliphatic heterocycles. The van der Waals surface area contributed by atoms with Crippen LogP contribution in [-0.4, -0.2) is 55.0 Å². The predicted molar refractivity (Wildman–Crippen MR) is 118 cm³/mol. The highest BCUT2D eigenvalue weighted by atomic mass is 16.5. The molecule has 0 aromatic heterocycles. The summed E-state index contributed by atoms with van der Waals surface area (Å²) in [5.41, 5.74) is 4.50. The van der Waals surface area contributed by atoms with Gasteiger partial charge in [0, 0.05) is 25.5 Å². The van der Waals surface area contributed by atoms with E-state index in [9.17, 15) is 19.5 Å². The van der Waals surface area contributed by atoms with E-state index >= 15 is 0 Å². The molecule has 1 aliphatic carbocycles. The SMILES string of the molecule is COC(C)C(NC(=O)C[C@H](C)NC(=O)OCC1c2ccccc2-c2ccccc21)C(=O)O. The maximum atomic E-state index is 12.3. The van der Waals surface area contributed by atoms with Crippen molar-refractivity contribution in [3.05, 3.63) is 59.7 Å². The summed E-state index contributed by atoms with van der Waals surface area (Å²) in [6, 6.07) is 14.4. The zero-order chi connectivity index (χ0) is 23.3. The Balaban J connectivity index is 1.53. The average molecular weight is 440 g/mol. The number of rotatable bonds is 9. The molecule has 0 saturated heterocycles. The fourth-order valence-corrected chi connectivity index (χ4v) is 3.92. The van der Waals surface area contributed by atoms with Gasteiger partial charge in [-0.25, -0.2) is 9.59 Å². The van der Waals surface area contributed by atoms with Crippen LogP contribution in [0.2, 0.25) is 0 Å². The van der Waals surface area contributed by atoms with E-state index in [0.717, 1.165) is 22.3 Å². The summed E-state index contributed by atoms with van der Waals surface area (Å²) in [5, 5.41) is 14.3. The number of nitrogens with one attached hydrogen (secondary N) is 2. The topological polar surface area (TPSA) is 114 Å². The minimum absolute atomic E-state index is 0.0568. The second-order valence-electron chi connectivity index (χ2n) is 7.90. The molecule has 32 heavy (non-hydrogen) atoms. The third kappa shape index (κ3) is 5.26. The van der Waals surface area contributed by atoms with E-state index in [-0.39, 0.29) is 18.9 Å². The van der Waals surface area contributed by atoms with Crippen LogP contribution in [0.25, 0.3) is 11.1 Å². The Hall–Kier alpha value is -3.39. The molecule has 0 bridgehead atoms. The van der Waals surface area contributed by atoms with Crippen molar-refractivity contribution in [2.45, 2.75) is 44.4 Å². The van der Waals surface area contributed by atoms with E-state index in [1.165, 1.54) is 7.11 Å². The summed E-state index contributed by atoms with van der Waals surface area (Å²) in [4.78, 5) is 35.8. The zero-order valence-electron chi connectivity index (χ0n) is 18.3. The first-order chi connectivity index (χ1) is 15.3. The molecule has 2 aromatic carbocycles. The molecule has 3 N–H and O–H groups in total. The number of methoxy groups -OCH3 is 1. The predicted octanol–water partition coefficient (Wildman–Crippen LogP) is 2.91. The van der Waals surface area contributed by atoms with Crippen LogP contribution < -0.4 is 10.6 Å². The number of carboxylic acids is 1. The minimum atomic E-state index is -1.19. The van der Waals surface area contributed by atoms with Gasteiger partial charge >= 0.3 is 12.1 Å².